The van der Waals surface area contributed by atoms with Crippen molar-refractivity contribution in [2.24, 2.45) is 0 Å². The van der Waals surface area contributed by atoms with E-state index in [1.807, 2.05) is 42.2 Å². The van der Waals surface area contributed by atoms with Gasteiger partial charge in [0, 0.05) is 25.2 Å². The van der Waals surface area contributed by atoms with Gasteiger partial charge < -0.3 is 14.2 Å². The van der Waals surface area contributed by atoms with Gasteiger partial charge in [0.2, 0.25) is 0 Å². The normalized spacial score (nSPS) is 24.2. The third-order valence-corrected chi connectivity index (χ3v) is 4.98. The lowest BCUT2D eigenvalue weighted by Gasteiger charge is -2.33. The van der Waals surface area contributed by atoms with Gasteiger partial charge in [-0.1, -0.05) is 35.5 Å². The van der Waals surface area contributed by atoms with Crippen LogP contribution in [0.2, 0.25) is 0 Å². The highest BCUT2D eigenvalue weighted by Gasteiger charge is 2.41. The summed E-state index contributed by atoms with van der Waals surface area (Å²) < 4.78 is 11.3. The zero-order valence-electron chi connectivity index (χ0n) is 13.9. The number of aromatic nitrogens is 1. The summed E-state index contributed by atoms with van der Waals surface area (Å²) in [5, 5.41) is 4.03. The van der Waals surface area contributed by atoms with Crippen molar-refractivity contribution in [3.8, 4) is 11.3 Å². The highest BCUT2D eigenvalue weighted by atomic mass is 16.5. The molecule has 4 rings (SSSR count). The molecule has 126 valence electrons. The van der Waals surface area contributed by atoms with Crippen molar-refractivity contribution in [1.29, 1.82) is 0 Å². The van der Waals surface area contributed by atoms with Gasteiger partial charge in [0.15, 0.2) is 5.76 Å². The number of carbonyl (C=O) groups is 1. The van der Waals surface area contributed by atoms with Crippen LogP contribution in [0.5, 0.6) is 0 Å². The second-order valence-corrected chi connectivity index (χ2v) is 6.51. The van der Waals surface area contributed by atoms with Crippen molar-refractivity contribution in [1.82, 2.24) is 15.0 Å². The van der Waals surface area contributed by atoms with Crippen molar-refractivity contribution in [3.05, 3.63) is 41.6 Å². The SMILES string of the molecule is Cc1noc(-c2ccccc2)c1C(=O)N1C[C@H]2OCCN(C)[C@H]2C1. The van der Waals surface area contributed by atoms with Crippen molar-refractivity contribution in [2.75, 3.05) is 33.3 Å². The Balaban J connectivity index is 1.63. The molecule has 2 aromatic rings. The molecule has 2 aliphatic rings. The Morgan fingerprint density at radius 1 is 1.25 bits per heavy atom. The van der Waals surface area contributed by atoms with E-state index in [0.717, 1.165) is 18.7 Å². The lowest BCUT2D eigenvalue weighted by Crippen LogP contribution is -2.48. The van der Waals surface area contributed by atoms with E-state index < -0.39 is 0 Å². The average molecular weight is 327 g/mol. The number of rotatable bonds is 2. The number of hydrogen-bond donors (Lipinski definition) is 0. The van der Waals surface area contributed by atoms with E-state index in [0.29, 0.717) is 30.1 Å². The summed E-state index contributed by atoms with van der Waals surface area (Å²) in [6.45, 7) is 4.74. The quantitative estimate of drug-likeness (QED) is 0.842. The van der Waals surface area contributed by atoms with Gasteiger partial charge in [-0.3, -0.25) is 9.69 Å². The Morgan fingerprint density at radius 3 is 2.79 bits per heavy atom. The lowest BCUT2D eigenvalue weighted by atomic mass is 10.1. The number of amides is 1. The number of benzene rings is 1. The number of hydrogen-bond acceptors (Lipinski definition) is 5. The fraction of sp³-hybridized carbons (Fsp3) is 0.444. The zero-order valence-corrected chi connectivity index (χ0v) is 13.9. The van der Waals surface area contributed by atoms with Gasteiger partial charge in [0.05, 0.1) is 24.4 Å². The van der Waals surface area contributed by atoms with Crippen LogP contribution in [0.3, 0.4) is 0 Å². The third-order valence-electron chi connectivity index (χ3n) is 4.98. The van der Waals surface area contributed by atoms with Crippen LogP contribution < -0.4 is 0 Å². The van der Waals surface area contributed by atoms with Crippen LogP contribution in [0.1, 0.15) is 16.1 Å². The number of ether oxygens (including phenoxy) is 1. The van der Waals surface area contributed by atoms with E-state index in [9.17, 15) is 4.79 Å². The Labute approximate surface area is 141 Å². The second kappa shape index (κ2) is 6.03. The second-order valence-electron chi connectivity index (χ2n) is 6.51. The molecule has 0 saturated carbocycles. The van der Waals surface area contributed by atoms with E-state index in [-0.39, 0.29) is 18.1 Å². The first kappa shape index (κ1) is 15.4. The minimum Gasteiger partial charge on any atom is -0.373 e. The van der Waals surface area contributed by atoms with Crippen molar-refractivity contribution >= 4 is 5.91 Å². The minimum absolute atomic E-state index is 0.0287. The molecule has 0 bridgehead atoms. The number of nitrogens with zero attached hydrogens (tertiary/aromatic N) is 3. The molecule has 0 spiro atoms. The molecule has 0 N–H and O–H groups in total. The first-order valence-electron chi connectivity index (χ1n) is 8.28. The van der Waals surface area contributed by atoms with E-state index in [2.05, 4.69) is 17.1 Å². The van der Waals surface area contributed by atoms with Crippen LogP contribution in [0.4, 0.5) is 0 Å². The summed E-state index contributed by atoms with van der Waals surface area (Å²) in [6.07, 6.45) is 0.0908. The highest BCUT2D eigenvalue weighted by Crippen LogP contribution is 2.30. The van der Waals surface area contributed by atoms with Crippen molar-refractivity contribution < 1.29 is 14.1 Å². The fourth-order valence-electron chi connectivity index (χ4n) is 3.59. The van der Waals surface area contributed by atoms with Gasteiger partial charge in [-0.15, -0.1) is 0 Å². The Hall–Kier alpha value is -2.18. The zero-order chi connectivity index (χ0) is 16.7. The van der Waals surface area contributed by atoms with Gasteiger partial charge in [0.25, 0.3) is 5.91 Å². The predicted octanol–water partition coefficient (Wildman–Crippen LogP) is 1.81. The molecule has 2 atom stereocenters. The first-order valence-corrected chi connectivity index (χ1v) is 8.28. The molecule has 2 fully saturated rings. The number of carbonyl (C=O) groups excluding carboxylic acids is 1. The van der Waals surface area contributed by atoms with E-state index in [4.69, 9.17) is 9.26 Å². The number of aryl methyl sites for hydroxylation is 1. The van der Waals surface area contributed by atoms with Crippen LogP contribution in [-0.4, -0.2) is 66.3 Å². The Kier molecular flexibility index (Phi) is 3.86. The van der Waals surface area contributed by atoms with Gasteiger partial charge >= 0.3 is 0 Å². The molecule has 1 aromatic heterocycles. The van der Waals surface area contributed by atoms with Gasteiger partial charge in [0.1, 0.15) is 5.56 Å². The maximum atomic E-state index is 13.1. The molecule has 6 heteroatoms. The Bertz CT molecular complexity index is 743. The summed E-state index contributed by atoms with van der Waals surface area (Å²) in [4.78, 5) is 17.3. The molecular formula is C18H21N3O3. The molecule has 1 aromatic carbocycles. The predicted molar refractivity (Wildman–Crippen MR) is 88.7 cm³/mol. The van der Waals surface area contributed by atoms with Crippen molar-refractivity contribution in [3.63, 3.8) is 0 Å². The highest BCUT2D eigenvalue weighted by molar-refractivity contribution is 6.00. The molecule has 2 saturated heterocycles. The first-order chi connectivity index (χ1) is 11.6. The number of likely N-dealkylation sites (N-methyl/N-ethyl adjacent to an activating group) is 1. The van der Waals surface area contributed by atoms with Crippen LogP contribution in [0.15, 0.2) is 34.9 Å². The monoisotopic (exact) mass is 327 g/mol. The van der Waals surface area contributed by atoms with Gasteiger partial charge in [-0.25, -0.2) is 0 Å². The van der Waals surface area contributed by atoms with Crippen LogP contribution in [-0.2, 0) is 4.74 Å². The summed E-state index contributed by atoms with van der Waals surface area (Å²) >= 11 is 0. The average Bonchev–Trinajstić information content (AvgIpc) is 3.20. The van der Waals surface area contributed by atoms with E-state index in [1.54, 1.807) is 0 Å². The standard InChI is InChI=1S/C18H21N3O3/c1-12-16(17(24-19-12)13-6-4-3-5-7-13)18(22)21-10-14-15(11-21)23-9-8-20(14)2/h3-7,14-15H,8-11H2,1-2H3/t14-,15+/m0/s1. The minimum atomic E-state index is -0.0287. The molecule has 0 unspecified atom stereocenters. The van der Waals surface area contributed by atoms with E-state index in [1.165, 1.54) is 0 Å². The molecule has 6 nitrogen and oxygen atoms in total. The maximum Gasteiger partial charge on any atom is 0.259 e. The third kappa shape index (κ3) is 2.52. The number of morpholine rings is 1. The summed E-state index contributed by atoms with van der Waals surface area (Å²) in [5.41, 5.74) is 2.05. The molecule has 3 heterocycles. The van der Waals surface area contributed by atoms with Crippen molar-refractivity contribution in [2.45, 2.75) is 19.1 Å². The lowest BCUT2D eigenvalue weighted by molar-refractivity contribution is -0.0368. The largest absolute Gasteiger partial charge is 0.373 e. The summed E-state index contributed by atoms with van der Waals surface area (Å²) in [6, 6.07) is 9.91. The van der Waals surface area contributed by atoms with Crippen LogP contribution in [0.25, 0.3) is 11.3 Å². The number of fused-ring (bicyclic) bond motifs is 1. The molecule has 0 radical (unpaired) electrons. The van der Waals surface area contributed by atoms with Crippen LogP contribution >= 0.6 is 0 Å². The summed E-state index contributed by atoms with van der Waals surface area (Å²) in [5.74, 6) is 0.515. The maximum absolute atomic E-state index is 13.1. The van der Waals surface area contributed by atoms with E-state index >= 15 is 0 Å². The Morgan fingerprint density at radius 2 is 2.04 bits per heavy atom. The smallest absolute Gasteiger partial charge is 0.259 e. The molecule has 2 aliphatic heterocycles. The molecule has 1 amide bonds. The topological polar surface area (TPSA) is 58.8 Å². The molecular weight excluding hydrogens is 306 g/mol. The molecule has 0 aliphatic carbocycles. The fourth-order valence-corrected chi connectivity index (χ4v) is 3.59. The van der Waals surface area contributed by atoms with Crippen LogP contribution in [0, 0.1) is 6.92 Å². The summed E-state index contributed by atoms with van der Waals surface area (Å²) in [7, 11) is 2.09. The number of likely N-dealkylation sites (tertiary alicyclic amines) is 1. The van der Waals surface area contributed by atoms with Gasteiger partial charge in [-0.05, 0) is 14.0 Å². The molecule has 24 heavy (non-hydrogen) atoms. The van der Waals surface area contributed by atoms with Gasteiger partial charge in [-0.2, -0.15) is 0 Å².